The average Bonchev–Trinajstić information content (AvgIpc) is 3.23. The zero-order valence-electron chi connectivity index (χ0n) is 13.0. The fourth-order valence-corrected chi connectivity index (χ4v) is 3.23. The number of aromatic nitrogens is 2. The molecular formula is C16H13N3O4S. The van der Waals surface area contributed by atoms with Crippen LogP contribution in [0, 0.1) is 12.3 Å². The minimum Gasteiger partial charge on any atom is -0.493 e. The van der Waals surface area contributed by atoms with Gasteiger partial charge >= 0.3 is 5.91 Å². The van der Waals surface area contributed by atoms with Crippen molar-refractivity contribution in [3.05, 3.63) is 35.0 Å². The van der Waals surface area contributed by atoms with Gasteiger partial charge in [-0.25, -0.2) is 0 Å². The molecule has 0 atom stereocenters. The molecule has 0 bridgehead atoms. The summed E-state index contributed by atoms with van der Waals surface area (Å²) in [5.41, 5.74) is 0.805. The van der Waals surface area contributed by atoms with Crippen LogP contribution < -0.4 is 14.3 Å². The standard InChI is InChI=1S/C16H13N3O4S/c1-4-7-19-10-8-12(21-2)13(22-3)9-14(10)24-16(19)18-15(20)11-5-6-17-23-11/h1,5-6,8-9H,7H2,2-3H3. The predicted molar refractivity (Wildman–Crippen MR) is 88.1 cm³/mol. The van der Waals surface area contributed by atoms with Gasteiger partial charge in [0.2, 0.25) is 5.76 Å². The largest absolute Gasteiger partial charge is 0.493 e. The number of methoxy groups -OCH3 is 2. The Morgan fingerprint density at radius 1 is 1.42 bits per heavy atom. The molecule has 0 aliphatic rings. The van der Waals surface area contributed by atoms with Crippen molar-refractivity contribution in [3.8, 4) is 23.8 Å². The molecule has 0 unspecified atom stereocenters. The van der Waals surface area contributed by atoms with Crippen LogP contribution in [0.5, 0.6) is 11.5 Å². The molecule has 0 N–H and O–H groups in total. The molecule has 3 aromatic rings. The number of ether oxygens (including phenoxy) is 2. The van der Waals surface area contributed by atoms with Crippen LogP contribution in [0.25, 0.3) is 10.2 Å². The number of hydrogen-bond acceptors (Lipinski definition) is 6. The van der Waals surface area contributed by atoms with Crippen molar-refractivity contribution >= 4 is 27.5 Å². The monoisotopic (exact) mass is 343 g/mol. The third kappa shape index (κ3) is 2.77. The van der Waals surface area contributed by atoms with Gasteiger partial charge in [-0.15, -0.1) is 6.42 Å². The third-order valence-corrected chi connectivity index (χ3v) is 4.32. The molecule has 8 heteroatoms. The van der Waals surface area contributed by atoms with Gasteiger partial charge in [0.05, 0.1) is 37.2 Å². The Bertz CT molecular complexity index is 993. The molecule has 2 aromatic heterocycles. The van der Waals surface area contributed by atoms with E-state index in [0.717, 1.165) is 10.2 Å². The molecule has 1 amide bonds. The molecule has 122 valence electrons. The minimum absolute atomic E-state index is 0.0647. The second-order valence-electron chi connectivity index (χ2n) is 4.64. The summed E-state index contributed by atoms with van der Waals surface area (Å²) in [6.45, 7) is 0.262. The maximum atomic E-state index is 12.1. The second-order valence-corrected chi connectivity index (χ2v) is 5.65. The first-order valence-electron chi connectivity index (χ1n) is 6.86. The number of thiazole rings is 1. The van der Waals surface area contributed by atoms with E-state index in [1.165, 1.54) is 23.6 Å². The van der Waals surface area contributed by atoms with Crippen molar-refractivity contribution < 1.29 is 18.8 Å². The van der Waals surface area contributed by atoms with Crippen molar-refractivity contribution in [1.82, 2.24) is 9.72 Å². The van der Waals surface area contributed by atoms with Gasteiger partial charge in [0.25, 0.3) is 0 Å². The van der Waals surface area contributed by atoms with Gasteiger partial charge in [0.15, 0.2) is 16.3 Å². The minimum atomic E-state index is -0.524. The lowest BCUT2D eigenvalue weighted by atomic mass is 10.3. The maximum absolute atomic E-state index is 12.1. The smallest absolute Gasteiger partial charge is 0.318 e. The van der Waals surface area contributed by atoms with Crippen LogP contribution in [0.4, 0.5) is 0 Å². The SMILES string of the molecule is C#CCn1c(=NC(=O)c2ccno2)sc2cc(OC)c(OC)cc21. The highest BCUT2D eigenvalue weighted by Crippen LogP contribution is 2.33. The number of amides is 1. The van der Waals surface area contributed by atoms with Gasteiger partial charge < -0.3 is 18.6 Å². The molecule has 0 fully saturated rings. The summed E-state index contributed by atoms with van der Waals surface area (Å²) >= 11 is 1.32. The first-order valence-corrected chi connectivity index (χ1v) is 7.68. The van der Waals surface area contributed by atoms with Gasteiger partial charge in [0.1, 0.15) is 0 Å². The molecule has 0 aliphatic heterocycles. The predicted octanol–water partition coefficient (Wildman–Crippen LogP) is 2.08. The van der Waals surface area contributed by atoms with Crippen LogP contribution in [0.15, 0.2) is 33.9 Å². The van der Waals surface area contributed by atoms with Gasteiger partial charge in [-0.2, -0.15) is 4.99 Å². The summed E-state index contributed by atoms with van der Waals surface area (Å²) in [7, 11) is 3.12. The van der Waals surface area contributed by atoms with Crippen LogP contribution in [0.2, 0.25) is 0 Å². The zero-order chi connectivity index (χ0) is 17.1. The molecule has 0 radical (unpaired) electrons. The number of carbonyl (C=O) groups excluding carboxylic acids is 1. The number of benzene rings is 1. The van der Waals surface area contributed by atoms with Gasteiger partial charge in [-0.1, -0.05) is 22.4 Å². The summed E-state index contributed by atoms with van der Waals surface area (Å²) < 4.78 is 18.1. The first-order chi connectivity index (χ1) is 11.7. The molecule has 0 saturated carbocycles. The lowest BCUT2D eigenvalue weighted by Gasteiger charge is -2.08. The number of carbonyl (C=O) groups is 1. The quantitative estimate of drug-likeness (QED) is 0.678. The van der Waals surface area contributed by atoms with Crippen molar-refractivity contribution in [2.45, 2.75) is 6.54 Å². The molecule has 24 heavy (non-hydrogen) atoms. The Hall–Kier alpha value is -3.05. The number of terminal acetylenes is 1. The highest BCUT2D eigenvalue weighted by molar-refractivity contribution is 7.16. The van der Waals surface area contributed by atoms with E-state index in [1.54, 1.807) is 24.9 Å². The van der Waals surface area contributed by atoms with Crippen LogP contribution >= 0.6 is 11.3 Å². The average molecular weight is 343 g/mol. The van der Waals surface area contributed by atoms with Crippen LogP contribution in [-0.2, 0) is 6.54 Å². The van der Waals surface area contributed by atoms with E-state index in [0.29, 0.717) is 16.3 Å². The molecular weight excluding hydrogens is 330 g/mol. The number of fused-ring (bicyclic) bond motifs is 1. The molecule has 2 heterocycles. The number of hydrogen-bond donors (Lipinski definition) is 0. The van der Waals surface area contributed by atoms with Gasteiger partial charge in [-0.05, 0) is 0 Å². The van der Waals surface area contributed by atoms with E-state index in [-0.39, 0.29) is 12.3 Å². The highest BCUT2D eigenvalue weighted by Gasteiger charge is 2.14. The molecule has 7 nitrogen and oxygen atoms in total. The molecule has 0 spiro atoms. The highest BCUT2D eigenvalue weighted by atomic mass is 32.1. The van der Waals surface area contributed by atoms with E-state index in [1.807, 2.05) is 6.07 Å². The van der Waals surface area contributed by atoms with Crippen molar-refractivity contribution in [1.29, 1.82) is 0 Å². The Morgan fingerprint density at radius 2 is 2.17 bits per heavy atom. The summed E-state index contributed by atoms with van der Waals surface area (Å²) in [6, 6.07) is 5.08. The van der Waals surface area contributed by atoms with Crippen LogP contribution in [0.1, 0.15) is 10.6 Å². The second kappa shape index (κ2) is 6.60. The number of nitrogens with zero attached hydrogens (tertiary/aromatic N) is 3. The van der Waals surface area contributed by atoms with E-state index in [2.05, 4.69) is 16.1 Å². The lowest BCUT2D eigenvalue weighted by molar-refractivity contribution is 0.0962. The van der Waals surface area contributed by atoms with Gasteiger partial charge in [-0.3, -0.25) is 4.79 Å². The Kier molecular flexibility index (Phi) is 4.35. The summed E-state index contributed by atoms with van der Waals surface area (Å²) in [6.07, 6.45) is 6.84. The third-order valence-electron chi connectivity index (χ3n) is 3.28. The van der Waals surface area contributed by atoms with Gasteiger partial charge in [0, 0.05) is 18.2 Å². The summed E-state index contributed by atoms with van der Waals surface area (Å²) in [5.74, 6) is 3.27. The molecule has 0 saturated heterocycles. The van der Waals surface area contributed by atoms with E-state index in [9.17, 15) is 4.79 Å². The van der Waals surface area contributed by atoms with Crippen molar-refractivity contribution in [3.63, 3.8) is 0 Å². The topological polar surface area (TPSA) is 78.9 Å². The maximum Gasteiger partial charge on any atom is 0.318 e. The lowest BCUT2D eigenvalue weighted by Crippen LogP contribution is -2.16. The summed E-state index contributed by atoms with van der Waals surface area (Å²) in [4.78, 5) is 16.7. The van der Waals surface area contributed by atoms with E-state index < -0.39 is 5.91 Å². The fraction of sp³-hybridized carbons (Fsp3) is 0.188. The number of rotatable bonds is 4. The normalized spacial score (nSPS) is 11.5. The molecule has 0 aliphatic carbocycles. The molecule has 1 aromatic carbocycles. The Labute approximate surface area is 141 Å². The summed E-state index contributed by atoms with van der Waals surface area (Å²) in [5, 5.41) is 3.51. The molecule has 3 rings (SSSR count). The van der Waals surface area contributed by atoms with E-state index in [4.69, 9.17) is 20.4 Å². The van der Waals surface area contributed by atoms with Crippen LogP contribution in [0.3, 0.4) is 0 Å². The van der Waals surface area contributed by atoms with Crippen molar-refractivity contribution in [2.75, 3.05) is 14.2 Å². The zero-order valence-corrected chi connectivity index (χ0v) is 13.8. The van der Waals surface area contributed by atoms with Crippen LogP contribution in [-0.4, -0.2) is 29.9 Å². The first kappa shape index (κ1) is 15.8. The van der Waals surface area contributed by atoms with E-state index >= 15 is 0 Å². The fourth-order valence-electron chi connectivity index (χ4n) is 2.19. The Morgan fingerprint density at radius 3 is 2.79 bits per heavy atom. The Balaban J connectivity index is 2.22. The van der Waals surface area contributed by atoms with Crippen molar-refractivity contribution in [2.24, 2.45) is 4.99 Å².